The second-order valence-corrected chi connectivity index (χ2v) is 4.69. The van der Waals surface area contributed by atoms with Crippen molar-refractivity contribution in [2.45, 2.75) is 6.42 Å². The quantitative estimate of drug-likeness (QED) is 0.712. The van der Waals surface area contributed by atoms with Crippen LogP contribution in [0.2, 0.25) is 0 Å². The van der Waals surface area contributed by atoms with Crippen LogP contribution < -0.4 is 4.74 Å². The van der Waals surface area contributed by atoms with Crippen molar-refractivity contribution in [1.29, 1.82) is 0 Å². The van der Waals surface area contributed by atoms with E-state index in [4.69, 9.17) is 4.74 Å². The fourth-order valence-electron chi connectivity index (χ4n) is 2.17. The number of nitrogens with zero attached hydrogens (tertiary/aromatic N) is 4. The van der Waals surface area contributed by atoms with Crippen molar-refractivity contribution in [2.24, 2.45) is 0 Å². The summed E-state index contributed by atoms with van der Waals surface area (Å²) in [6.45, 7) is 0. The Morgan fingerprint density at radius 2 is 1.91 bits per heavy atom. The largest absolute Gasteiger partial charge is 0.504 e. The minimum Gasteiger partial charge on any atom is -0.504 e. The summed E-state index contributed by atoms with van der Waals surface area (Å²) in [6, 6.07) is 12.6. The van der Waals surface area contributed by atoms with Gasteiger partial charge in [0.25, 0.3) is 0 Å². The zero-order valence-electron chi connectivity index (χ0n) is 11.8. The Morgan fingerprint density at radius 3 is 2.64 bits per heavy atom. The predicted molar refractivity (Wildman–Crippen MR) is 78.3 cm³/mol. The van der Waals surface area contributed by atoms with Gasteiger partial charge in [-0.1, -0.05) is 18.2 Å². The van der Waals surface area contributed by atoms with Gasteiger partial charge in [0, 0.05) is 6.42 Å². The van der Waals surface area contributed by atoms with E-state index in [2.05, 4.69) is 15.5 Å². The Bertz CT molecular complexity index is 787. The van der Waals surface area contributed by atoms with E-state index in [1.807, 2.05) is 30.3 Å². The number of aromatic nitrogens is 4. The molecule has 0 aliphatic heterocycles. The Morgan fingerprint density at radius 1 is 1.14 bits per heavy atom. The van der Waals surface area contributed by atoms with Crippen molar-refractivity contribution in [2.75, 3.05) is 7.11 Å². The van der Waals surface area contributed by atoms with Gasteiger partial charge in [0.05, 0.1) is 12.8 Å². The molecule has 0 fully saturated rings. The van der Waals surface area contributed by atoms with Crippen LogP contribution in [0.1, 0.15) is 11.4 Å². The Labute approximate surface area is 126 Å². The van der Waals surface area contributed by atoms with Crippen LogP contribution in [0.4, 0.5) is 0 Å². The number of para-hydroxylation sites is 1. The van der Waals surface area contributed by atoms with Crippen LogP contribution in [0.5, 0.6) is 17.2 Å². The number of methoxy groups -OCH3 is 1. The average molecular weight is 298 g/mol. The monoisotopic (exact) mass is 298 g/mol. The summed E-state index contributed by atoms with van der Waals surface area (Å²) in [7, 11) is 1.42. The molecule has 0 radical (unpaired) electrons. The highest BCUT2D eigenvalue weighted by Gasteiger charge is 2.13. The molecule has 22 heavy (non-hydrogen) atoms. The minimum absolute atomic E-state index is 0.203. The highest BCUT2D eigenvalue weighted by atomic mass is 16.5. The molecule has 2 aromatic carbocycles. The van der Waals surface area contributed by atoms with Gasteiger partial charge in [0.15, 0.2) is 17.3 Å². The number of aromatic hydroxyl groups is 2. The van der Waals surface area contributed by atoms with Crippen molar-refractivity contribution >= 4 is 0 Å². The molecule has 3 aromatic rings. The highest BCUT2D eigenvalue weighted by Crippen LogP contribution is 2.36. The lowest BCUT2D eigenvalue weighted by Gasteiger charge is -2.09. The molecule has 0 bridgehead atoms. The summed E-state index contributed by atoms with van der Waals surface area (Å²) in [5.41, 5.74) is 1.57. The zero-order chi connectivity index (χ0) is 15.5. The fourth-order valence-corrected chi connectivity index (χ4v) is 2.17. The maximum absolute atomic E-state index is 9.74. The molecule has 0 unspecified atom stereocenters. The van der Waals surface area contributed by atoms with E-state index in [0.29, 0.717) is 12.2 Å². The topological polar surface area (TPSA) is 93.3 Å². The lowest BCUT2D eigenvalue weighted by molar-refractivity contribution is 0.350. The third-order valence-electron chi connectivity index (χ3n) is 3.23. The normalized spacial score (nSPS) is 10.6. The number of phenols is 2. The van der Waals surface area contributed by atoms with Gasteiger partial charge in [-0.2, -0.15) is 4.68 Å². The van der Waals surface area contributed by atoms with Crippen LogP contribution in [0.15, 0.2) is 42.5 Å². The van der Waals surface area contributed by atoms with Gasteiger partial charge in [-0.3, -0.25) is 0 Å². The molecule has 0 aliphatic rings. The number of hydrogen-bond acceptors (Lipinski definition) is 6. The van der Waals surface area contributed by atoms with Crippen LogP contribution in [0, 0.1) is 0 Å². The van der Waals surface area contributed by atoms with E-state index in [1.165, 1.54) is 13.2 Å². The first-order valence-electron chi connectivity index (χ1n) is 6.60. The number of ether oxygens (including phenoxy) is 1. The van der Waals surface area contributed by atoms with E-state index in [9.17, 15) is 10.2 Å². The summed E-state index contributed by atoms with van der Waals surface area (Å²) in [5, 5.41) is 31.1. The molecular formula is C15H14N4O3. The number of tetrazole rings is 1. The molecule has 0 atom stereocenters. The van der Waals surface area contributed by atoms with E-state index in [-0.39, 0.29) is 17.2 Å². The molecule has 112 valence electrons. The van der Waals surface area contributed by atoms with Gasteiger partial charge in [0.2, 0.25) is 5.75 Å². The molecule has 0 saturated carbocycles. The van der Waals surface area contributed by atoms with Crippen molar-refractivity contribution in [3.63, 3.8) is 0 Å². The van der Waals surface area contributed by atoms with Crippen LogP contribution in [0.3, 0.4) is 0 Å². The van der Waals surface area contributed by atoms with Crippen molar-refractivity contribution in [3.05, 3.63) is 53.9 Å². The number of phenolic OH excluding ortho intramolecular Hbond substituents is 2. The highest BCUT2D eigenvalue weighted by molar-refractivity contribution is 5.52. The first-order chi connectivity index (χ1) is 10.7. The standard InChI is InChI=1S/C15H14N4O3/c1-22-13-8-10(7-12(20)15(13)21)9-14-16-17-18-19(14)11-5-3-2-4-6-11/h2-8,20-21H,9H2,1H3. The van der Waals surface area contributed by atoms with Crippen molar-refractivity contribution < 1.29 is 14.9 Å². The van der Waals surface area contributed by atoms with Gasteiger partial charge >= 0.3 is 0 Å². The Balaban J connectivity index is 1.95. The third-order valence-corrected chi connectivity index (χ3v) is 3.23. The SMILES string of the molecule is COc1cc(Cc2nnnn2-c2ccccc2)cc(O)c1O. The number of benzene rings is 2. The van der Waals surface area contributed by atoms with Crippen LogP contribution in [-0.4, -0.2) is 37.5 Å². The predicted octanol–water partition coefficient (Wildman–Crippen LogP) is 1.67. The molecule has 1 aromatic heterocycles. The first kappa shape index (κ1) is 13.9. The second kappa shape index (κ2) is 5.72. The lowest BCUT2D eigenvalue weighted by atomic mass is 10.1. The molecule has 2 N–H and O–H groups in total. The summed E-state index contributed by atoms with van der Waals surface area (Å²) < 4.78 is 6.65. The number of hydrogen-bond donors (Lipinski definition) is 2. The number of rotatable bonds is 4. The zero-order valence-corrected chi connectivity index (χ0v) is 11.8. The molecule has 3 rings (SSSR count). The molecule has 1 heterocycles. The van der Waals surface area contributed by atoms with E-state index >= 15 is 0 Å². The summed E-state index contributed by atoms with van der Waals surface area (Å²) in [6.07, 6.45) is 0.381. The van der Waals surface area contributed by atoms with Gasteiger partial charge in [-0.15, -0.1) is 5.10 Å². The smallest absolute Gasteiger partial charge is 0.200 e. The molecule has 0 aliphatic carbocycles. The van der Waals surface area contributed by atoms with Gasteiger partial charge in [-0.25, -0.2) is 0 Å². The maximum Gasteiger partial charge on any atom is 0.200 e. The Hall–Kier alpha value is -3.09. The fraction of sp³-hybridized carbons (Fsp3) is 0.133. The van der Waals surface area contributed by atoms with Crippen LogP contribution in [0.25, 0.3) is 5.69 Å². The summed E-state index contributed by atoms with van der Waals surface area (Å²) in [5.74, 6) is 0.286. The molecular weight excluding hydrogens is 284 g/mol. The first-order valence-corrected chi connectivity index (χ1v) is 6.60. The van der Waals surface area contributed by atoms with E-state index in [1.54, 1.807) is 10.7 Å². The molecule has 0 spiro atoms. The summed E-state index contributed by atoms with van der Waals surface area (Å²) in [4.78, 5) is 0. The molecule has 0 amide bonds. The molecule has 0 saturated heterocycles. The third kappa shape index (κ3) is 2.56. The van der Waals surface area contributed by atoms with Crippen molar-refractivity contribution in [1.82, 2.24) is 20.2 Å². The minimum atomic E-state index is -0.283. The second-order valence-electron chi connectivity index (χ2n) is 4.69. The molecule has 7 nitrogen and oxygen atoms in total. The van der Waals surface area contributed by atoms with Crippen molar-refractivity contribution in [3.8, 4) is 22.9 Å². The van der Waals surface area contributed by atoms with Crippen LogP contribution in [-0.2, 0) is 6.42 Å². The molecule has 7 heteroatoms. The lowest BCUT2D eigenvalue weighted by Crippen LogP contribution is -2.04. The van der Waals surface area contributed by atoms with Crippen LogP contribution >= 0.6 is 0 Å². The Kier molecular flexibility index (Phi) is 3.61. The van der Waals surface area contributed by atoms with Gasteiger partial charge in [0.1, 0.15) is 0 Å². The maximum atomic E-state index is 9.74. The van der Waals surface area contributed by atoms with E-state index in [0.717, 1.165) is 11.3 Å². The summed E-state index contributed by atoms with van der Waals surface area (Å²) >= 11 is 0. The van der Waals surface area contributed by atoms with Gasteiger partial charge < -0.3 is 14.9 Å². The van der Waals surface area contributed by atoms with E-state index < -0.39 is 0 Å². The van der Waals surface area contributed by atoms with Gasteiger partial charge in [-0.05, 0) is 40.3 Å². The average Bonchev–Trinajstić information content (AvgIpc) is 2.99.